The Kier molecular flexibility index (Phi) is 4.99. The molecule has 4 heteroatoms. The van der Waals surface area contributed by atoms with Crippen molar-refractivity contribution in [2.75, 3.05) is 6.54 Å². The summed E-state index contributed by atoms with van der Waals surface area (Å²) in [6.07, 6.45) is 3.42. The van der Waals surface area contributed by atoms with Crippen LogP contribution in [0, 0.1) is 11.7 Å². The predicted molar refractivity (Wildman–Crippen MR) is 80.4 cm³/mol. The van der Waals surface area contributed by atoms with Crippen LogP contribution in [0.4, 0.5) is 4.39 Å². The Bertz CT molecular complexity index is 501. The van der Waals surface area contributed by atoms with Gasteiger partial charge in [-0.05, 0) is 56.7 Å². The summed E-state index contributed by atoms with van der Waals surface area (Å²) in [6.45, 7) is 4.17. The molecule has 2 N–H and O–H groups in total. The molecule has 1 aromatic carbocycles. The Balaban J connectivity index is 1.95. The molecular formula is C17H24FNO2. The quantitative estimate of drug-likeness (QED) is 0.897. The normalized spacial score (nSPS) is 22.9. The maximum atomic E-state index is 13.3. The molecule has 0 aromatic heterocycles. The van der Waals surface area contributed by atoms with E-state index in [9.17, 15) is 14.3 Å². The van der Waals surface area contributed by atoms with E-state index in [-0.39, 0.29) is 17.8 Å². The van der Waals surface area contributed by atoms with Crippen molar-refractivity contribution < 1.29 is 14.3 Å². The number of hydrogen-bond donors (Lipinski definition) is 2. The third-order valence-corrected chi connectivity index (χ3v) is 4.42. The van der Waals surface area contributed by atoms with Crippen molar-refractivity contribution in [3.8, 4) is 0 Å². The first-order chi connectivity index (χ1) is 9.89. The lowest BCUT2D eigenvalue weighted by atomic mass is 9.83. The van der Waals surface area contributed by atoms with Gasteiger partial charge in [-0.15, -0.1) is 0 Å². The van der Waals surface area contributed by atoms with Gasteiger partial charge in [-0.25, -0.2) is 4.39 Å². The van der Waals surface area contributed by atoms with Crippen LogP contribution in [0.5, 0.6) is 0 Å². The van der Waals surface area contributed by atoms with Crippen molar-refractivity contribution in [2.45, 2.75) is 51.0 Å². The molecule has 1 aliphatic carbocycles. The zero-order chi connectivity index (χ0) is 15.5. The highest BCUT2D eigenvalue weighted by Crippen LogP contribution is 2.26. The van der Waals surface area contributed by atoms with Crippen molar-refractivity contribution in [1.29, 1.82) is 0 Å². The summed E-state index contributed by atoms with van der Waals surface area (Å²) in [6, 6.07) is 6.18. The fourth-order valence-corrected chi connectivity index (χ4v) is 2.91. The highest BCUT2D eigenvalue weighted by Gasteiger charge is 2.31. The number of carbonyl (C=O) groups is 1. The monoisotopic (exact) mass is 293 g/mol. The number of amides is 1. The number of aliphatic hydroxyl groups is 1. The van der Waals surface area contributed by atoms with E-state index < -0.39 is 5.41 Å². The van der Waals surface area contributed by atoms with Gasteiger partial charge in [-0.2, -0.15) is 0 Å². The largest absolute Gasteiger partial charge is 0.393 e. The molecule has 0 aliphatic heterocycles. The number of aliphatic hydroxyl groups excluding tert-OH is 1. The average molecular weight is 293 g/mol. The minimum atomic E-state index is -0.768. The molecule has 1 aromatic rings. The van der Waals surface area contributed by atoms with E-state index >= 15 is 0 Å². The van der Waals surface area contributed by atoms with Crippen LogP contribution in [0.1, 0.15) is 45.1 Å². The third kappa shape index (κ3) is 4.03. The second kappa shape index (κ2) is 6.56. The van der Waals surface area contributed by atoms with Gasteiger partial charge in [-0.3, -0.25) is 4.79 Å². The summed E-state index contributed by atoms with van der Waals surface area (Å²) in [5, 5.41) is 12.6. The Morgan fingerprint density at radius 3 is 2.86 bits per heavy atom. The predicted octanol–water partition coefficient (Wildman–Crippen LogP) is 2.77. The van der Waals surface area contributed by atoms with Gasteiger partial charge in [-0.1, -0.05) is 18.6 Å². The van der Waals surface area contributed by atoms with Gasteiger partial charge in [0.2, 0.25) is 5.91 Å². The van der Waals surface area contributed by atoms with E-state index in [2.05, 4.69) is 5.32 Å². The van der Waals surface area contributed by atoms with Crippen molar-refractivity contribution in [3.05, 3.63) is 35.6 Å². The van der Waals surface area contributed by atoms with Crippen LogP contribution >= 0.6 is 0 Å². The Hall–Kier alpha value is -1.42. The molecule has 2 rings (SSSR count). The summed E-state index contributed by atoms with van der Waals surface area (Å²) in [4.78, 5) is 12.4. The fourth-order valence-electron chi connectivity index (χ4n) is 2.91. The smallest absolute Gasteiger partial charge is 0.230 e. The van der Waals surface area contributed by atoms with Crippen molar-refractivity contribution in [1.82, 2.24) is 5.32 Å². The van der Waals surface area contributed by atoms with Crippen LogP contribution in [0.3, 0.4) is 0 Å². The Labute approximate surface area is 125 Å². The van der Waals surface area contributed by atoms with Gasteiger partial charge in [0.05, 0.1) is 11.5 Å². The molecule has 21 heavy (non-hydrogen) atoms. The Morgan fingerprint density at radius 1 is 1.43 bits per heavy atom. The lowest BCUT2D eigenvalue weighted by Crippen LogP contribution is -2.43. The second-order valence-corrected chi connectivity index (χ2v) is 6.53. The van der Waals surface area contributed by atoms with Crippen molar-refractivity contribution in [3.63, 3.8) is 0 Å². The molecule has 116 valence electrons. The van der Waals surface area contributed by atoms with E-state index in [1.165, 1.54) is 12.1 Å². The van der Waals surface area contributed by atoms with Gasteiger partial charge in [0, 0.05) is 6.54 Å². The summed E-state index contributed by atoms with van der Waals surface area (Å²) in [5.74, 6) is -0.0991. The molecule has 1 amide bonds. The van der Waals surface area contributed by atoms with Crippen molar-refractivity contribution in [2.24, 2.45) is 5.92 Å². The first-order valence-electron chi connectivity index (χ1n) is 7.62. The highest BCUT2D eigenvalue weighted by molar-refractivity contribution is 5.87. The van der Waals surface area contributed by atoms with E-state index in [1.807, 2.05) is 0 Å². The summed E-state index contributed by atoms with van der Waals surface area (Å²) >= 11 is 0. The van der Waals surface area contributed by atoms with Crippen LogP contribution in [-0.4, -0.2) is 23.7 Å². The molecule has 1 aliphatic rings. The summed E-state index contributed by atoms with van der Waals surface area (Å²) in [7, 11) is 0. The molecule has 0 spiro atoms. The van der Waals surface area contributed by atoms with Gasteiger partial charge in [0.1, 0.15) is 5.82 Å². The first kappa shape index (κ1) is 16.0. The van der Waals surface area contributed by atoms with Crippen LogP contribution in [0.25, 0.3) is 0 Å². The molecule has 0 saturated heterocycles. The van der Waals surface area contributed by atoms with Gasteiger partial charge >= 0.3 is 0 Å². The van der Waals surface area contributed by atoms with Crippen molar-refractivity contribution >= 4 is 5.91 Å². The standard InChI is InChI=1S/C17H24FNO2/c1-17(2,13-6-4-7-14(18)10-13)16(21)19-11-12-5-3-8-15(20)9-12/h4,6-7,10,12,15,20H,3,5,8-9,11H2,1-2H3,(H,19,21). The number of nitrogens with one attached hydrogen (secondary N) is 1. The average Bonchev–Trinajstić information content (AvgIpc) is 2.44. The third-order valence-electron chi connectivity index (χ3n) is 4.42. The first-order valence-corrected chi connectivity index (χ1v) is 7.62. The zero-order valence-electron chi connectivity index (χ0n) is 12.7. The van der Waals surface area contributed by atoms with E-state index in [0.29, 0.717) is 18.0 Å². The lowest BCUT2D eigenvalue weighted by molar-refractivity contribution is -0.126. The summed E-state index contributed by atoms with van der Waals surface area (Å²) < 4.78 is 13.3. The van der Waals surface area contributed by atoms with Crippen LogP contribution in [0.2, 0.25) is 0 Å². The molecule has 2 atom stereocenters. The molecule has 0 bridgehead atoms. The zero-order valence-corrected chi connectivity index (χ0v) is 12.7. The van der Waals surface area contributed by atoms with Crippen LogP contribution in [-0.2, 0) is 10.2 Å². The fraction of sp³-hybridized carbons (Fsp3) is 0.588. The molecule has 3 nitrogen and oxygen atoms in total. The van der Waals surface area contributed by atoms with E-state index in [4.69, 9.17) is 0 Å². The van der Waals surface area contributed by atoms with Crippen LogP contribution in [0.15, 0.2) is 24.3 Å². The number of carbonyl (C=O) groups excluding carboxylic acids is 1. The number of benzene rings is 1. The van der Waals surface area contributed by atoms with Gasteiger partial charge < -0.3 is 10.4 Å². The molecule has 0 radical (unpaired) electrons. The Morgan fingerprint density at radius 2 is 2.19 bits per heavy atom. The van der Waals surface area contributed by atoms with Crippen LogP contribution < -0.4 is 5.32 Å². The molecule has 2 unspecified atom stereocenters. The van der Waals surface area contributed by atoms with E-state index in [1.54, 1.807) is 26.0 Å². The minimum Gasteiger partial charge on any atom is -0.393 e. The highest BCUT2D eigenvalue weighted by atomic mass is 19.1. The molecule has 1 fully saturated rings. The molecule has 1 saturated carbocycles. The lowest BCUT2D eigenvalue weighted by Gasteiger charge is -2.29. The molecule has 0 heterocycles. The van der Waals surface area contributed by atoms with Gasteiger partial charge in [0.25, 0.3) is 0 Å². The van der Waals surface area contributed by atoms with Gasteiger partial charge in [0.15, 0.2) is 0 Å². The topological polar surface area (TPSA) is 49.3 Å². The number of hydrogen-bond acceptors (Lipinski definition) is 2. The number of rotatable bonds is 4. The maximum Gasteiger partial charge on any atom is 0.230 e. The molecular weight excluding hydrogens is 269 g/mol. The maximum absolute atomic E-state index is 13.3. The number of halogens is 1. The van der Waals surface area contributed by atoms with E-state index in [0.717, 1.165) is 25.7 Å². The summed E-state index contributed by atoms with van der Waals surface area (Å²) in [5.41, 5.74) is -0.0984. The SMILES string of the molecule is CC(C)(C(=O)NCC1CCCC(O)C1)c1cccc(F)c1. The second-order valence-electron chi connectivity index (χ2n) is 6.53. The minimum absolute atomic E-state index is 0.104.